The number of nitrogens with zero attached hydrogens (tertiary/aromatic N) is 4. The van der Waals surface area contributed by atoms with Crippen LogP contribution in [0.5, 0.6) is 0 Å². The SMILES string of the molecule is C=CN1CCN(C2c3ccccc3CCc3nc(C)n(N)c32)CC1. The maximum atomic E-state index is 6.40. The highest BCUT2D eigenvalue weighted by Gasteiger charge is 2.34. The Bertz CT molecular complexity index is 755. The van der Waals surface area contributed by atoms with Crippen molar-refractivity contribution in [2.24, 2.45) is 0 Å². The Balaban J connectivity index is 1.80. The predicted octanol–water partition coefficient (Wildman–Crippen LogP) is 1.85. The smallest absolute Gasteiger partial charge is 0.124 e. The zero-order valence-electron chi connectivity index (χ0n) is 14.3. The molecule has 24 heavy (non-hydrogen) atoms. The summed E-state index contributed by atoms with van der Waals surface area (Å²) >= 11 is 0. The van der Waals surface area contributed by atoms with Crippen molar-refractivity contribution in [1.82, 2.24) is 19.5 Å². The van der Waals surface area contributed by atoms with Crippen molar-refractivity contribution >= 4 is 0 Å². The van der Waals surface area contributed by atoms with Gasteiger partial charge in [-0.05, 0) is 37.1 Å². The summed E-state index contributed by atoms with van der Waals surface area (Å²) in [6.07, 6.45) is 3.93. The lowest BCUT2D eigenvalue weighted by molar-refractivity contribution is 0.136. The molecule has 2 N–H and O–H groups in total. The Hall–Kier alpha value is -2.27. The predicted molar refractivity (Wildman–Crippen MR) is 96.2 cm³/mol. The summed E-state index contributed by atoms with van der Waals surface area (Å²) in [7, 11) is 0. The largest absolute Gasteiger partial charge is 0.375 e. The van der Waals surface area contributed by atoms with Crippen LogP contribution < -0.4 is 5.84 Å². The van der Waals surface area contributed by atoms with Crippen LogP contribution in [0.1, 0.15) is 34.4 Å². The van der Waals surface area contributed by atoms with Gasteiger partial charge in [-0.2, -0.15) is 0 Å². The van der Waals surface area contributed by atoms with Gasteiger partial charge in [0.2, 0.25) is 0 Å². The van der Waals surface area contributed by atoms with Crippen LogP contribution in [-0.2, 0) is 12.8 Å². The fraction of sp³-hybridized carbons (Fsp3) is 0.421. The molecular formula is C19H25N5. The molecule has 0 radical (unpaired) electrons. The first-order valence-corrected chi connectivity index (χ1v) is 8.70. The molecule has 0 spiro atoms. The third-order valence-electron chi connectivity index (χ3n) is 5.41. The van der Waals surface area contributed by atoms with E-state index in [0.29, 0.717) is 0 Å². The molecule has 5 nitrogen and oxygen atoms in total. The summed E-state index contributed by atoms with van der Waals surface area (Å²) in [5.41, 5.74) is 5.13. The zero-order valence-corrected chi connectivity index (χ0v) is 14.3. The van der Waals surface area contributed by atoms with E-state index in [0.717, 1.165) is 50.5 Å². The molecule has 1 aliphatic carbocycles. The van der Waals surface area contributed by atoms with Gasteiger partial charge in [-0.1, -0.05) is 30.8 Å². The van der Waals surface area contributed by atoms with Crippen LogP contribution >= 0.6 is 0 Å². The summed E-state index contributed by atoms with van der Waals surface area (Å²) in [6.45, 7) is 9.93. The lowest BCUT2D eigenvalue weighted by atomic mass is 9.96. The van der Waals surface area contributed by atoms with Gasteiger partial charge in [0.05, 0.1) is 17.4 Å². The van der Waals surface area contributed by atoms with E-state index in [1.807, 2.05) is 17.8 Å². The topological polar surface area (TPSA) is 50.3 Å². The summed E-state index contributed by atoms with van der Waals surface area (Å²) in [6, 6.07) is 8.98. The van der Waals surface area contributed by atoms with E-state index in [4.69, 9.17) is 10.8 Å². The maximum Gasteiger partial charge on any atom is 0.124 e. The maximum absolute atomic E-state index is 6.40. The lowest BCUT2D eigenvalue weighted by Gasteiger charge is -2.39. The molecule has 0 amide bonds. The summed E-state index contributed by atoms with van der Waals surface area (Å²) in [5.74, 6) is 7.30. The number of benzene rings is 1. The molecular weight excluding hydrogens is 298 g/mol. The van der Waals surface area contributed by atoms with Crippen molar-refractivity contribution in [1.29, 1.82) is 0 Å². The van der Waals surface area contributed by atoms with Gasteiger partial charge in [0.15, 0.2) is 0 Å². The van der Waals surface area contributed by atoms with Crippen molar-refractivity contribution in [3.05, 3.63) is 65.4 Å². The number of fused-ring (bicyclic) bond motifs is 2. The normalized spacial score (nSPS) is 21.0. The Kier molecular flexibility index (Phi) is 3.81. The van der Waals surface area contributed by atoms with Crippen LogP contribution in [-0.4, -0.2) is 45.6 Å². The van der Waals surface area contributed by atoms with Crippen LogP contribution in [0.4, 0.5) is 0 Å². The van der Waals surface area contributed by atoms with Gasteiger partial charge in [0.1, 0.15) is 5.82 Å². The van der Waals surface area contributed by atoms with Crippen LogP contribution in [0.25, 0.3) is 0 Å². The molecule has 2 aromatic rings. The molecule has 1 saturated heterocycles. The monoisotopic (exact) mass is 323 g/mol. The van der Waals surface area contributed by atoms with Gasteiger partial charge < -0.3 is 10.7 Å². The lowest BCUT2D eigenvalue weighted by Crippen LogP contribution is -2.46. The highest BCUT2D eigenvalue weighted by atomic mass is 15.4. The van der Waals surface area contributed by atoms with Gasteiger partial charge in [0, 0.05) is 26.2 Å². The molecule has 1 fully saturated rings. The second kappa shape index (κ2) is 5.98. The Morgan fingerprint density at radius 1 is 1.17 bits per heavy atom. The Morgan fingerprint density at radius 2 is 1.92 bits per heavy atom. The number of imidazole rings is 1. The quantitative estimate of drug-likeness (QED) is 0.857. The number of rotatable bonds is 2. The summed E-state index contributed by atoms with van der Waals surface area (Å²) in [4.78, 5) is 9.59. The number of hydrogen-bond donors (Lipinski definition) is 1. The van der Waals surface area contributed by atoms with Gasteiger partial charge >= 0.3 is 0 Å². The number of nitrogens with two attached hydrogens (primary N) is 1. The standard InChI is InChI=1S/C19H25N5/c1-3-22-10-12-23(13-11-22)18-16-7-5-4-6-15(16)8-9-17-19(18)24(20)14(2)21-17/h3-7,18H,1,8-13,20H2,2H3. The van der Waals surface area contributed by atoms with Gasteiger partial charge in [-0.3, -0.25) is 4.90 Å². The molecule has 5 heteroatoms. The van der Waals surface area contributed by atoms with E-state index in [9.17, 15) is 0 Å². The number of aromatic nitrogens is 2. The molecule has 0 saturated carbocycles. The first kappa shape index (κ1) is 15.3. The van der Waals surface area contributed by atoms with Crippen LogP contribution in [0.3, 0.4) is 0 Å². The van der Waals surface area contributed by atoms with E-state index < -0.39 is 0 Å². The minimum atomic E-state index is 0.192. The Labute approximate surface area is 143 Å². The molecule has 2 heterocycles. The number of hydrogen-bond acceptors (Lipinski definition) is 4. The fourth-order valence-corrected chi connectivity index (χ4v) is 4.07. The van der Waals surface area contributed by atoms with Crippen LogP contribution in [0.2, 0.25) is 0 Å². The fourth-order valence-electron chi connectivity index (χ4n) is 4.07. The zero-order chi connectivity index (χ0) is 16.7. The first-order valence-electron chi connectivity index (χ1n) is 8.70. The van der Waals surface area contributed by atoms with Crippen molar-refractivity contribution in [3.8, 4) is 0 Å². The van der Waals surface area contributed by atoms with Crippen molar-refractivity contribution in [3.63, 3.8) is 0 Å². The van der Waals surface area contributed by atoms with E-state index in [1.165, 1.54) is 16.8 Å². The van der Waals surface area contributed by atoms with E-state index in [2.05, 4.69) is 40.6 Å². The van der Waals surface area contributed by atoms with Crippen molar-refractivity contribution in [2.45, 2.75) is 25.8 Å². The van der Waals surface area contributed by atoms with E-state index in [-0.39, 0.29) is 6.04 Å². The average molecular weight is 323 g/mol. The van der Waals surface area contributed by atoms with Crippen LogP contribution in [0.15, 0.2) is 37.0 Å². The third kappa shape index (κ3) is 2.40. The Morgan fingerprint density at radius 3 is 2.67 bits per heavy atom. The van der Waals surface area contributed by atoms with E-state index in [1.54, 1.807) is 0 Å². The molecule has 1 aromatic carbocycles. The minimum Gasteiger partial charge on any atom is -0.375 e. The van der Waals surface area contributed by atoms with Crippen LogP contribution in [0, 0.1) is 6.92 Å². The van der Waals surface area contributed by atoms with Gasteiger partial charge in [-0.15, -0.1) is 0 Å². The number of piperazine rings is 1. The second-order valence-corrected chi connectivity index (χ2v) is 6.72. The van der Waals surface area contributed by atoms with Gasteiger partial charge in [0.25, 0.3) is 0 Å². The van der Waals surface area contributed by atoms with Crippen molar-refractivity contribution in [2.75, 3.05) is 32.0 Å². The summed E-state index contributed by atoms with van der Waals surface area (Å²) < 4.78 is 1.81. The highest BCUT2D eigenvalue weighted by molar-refractivity contribution is 5.41. The molecule has 1 atom stereocenters. The van der Waals surface area contributed by atoms with E-state index >= 15 is 0 Å². The highest BCUT2D eigenvalue weighted by Crippen LogP contribution is 2.36. The summed E-state index contributed by atoms with van der Waals surface area (Å²) in [5, 5.41) is 0. The molecule has 2 aliphatic rings. The second-order valence-electron chi connectivity index (χ2n) is 6.72. The number of nitrogen functional groups attached to an aromatic ring is 1. The third-order valence-corrected chi connectivity index (χ3v) is 5.41. The molecule has 126 valence electrons. The van der Waals surface area contributed by atoms with Crippen molar-refractivity contribution < 1.29 is 0 Å². The average Bonchev–Trinajstić information content (AvgIpc) is 2.80. The molecule has 1 aliphatic heterocycles. The molecule has 4 rings (SSSR count). The number of aryl methyl sites for hydroxylation is 3. The minimum absolute atomic E-state index is 0.192. The molecule has 0 bridgehead atoms. The molecule has 1 aromatic heterocycles. The van der Waals surface area contributed by atoms with Gasteiger partial charge in [-0.25, -0.2) is 9.66 Å². The molecule has 1 unspecified atom stereocenters. The first-order chi connectivity index (χ1) is 11.7.